The Hall–Kier alpha value is -0.465. The molecule has 0 radical (unpaired) electrons. The Labute approximate surface area is 150 Å². The van der Waals surface area contributed by atoms with E-state index in [4.69, 9.17) is 4.74 Å². The van der Waals surface area contributed by atoms with Gasteiger partial charge in [-0.3, -0.25) is 4.79 Å². The fourth-order valence-corrected chi connectivity index (χ4v) is 5.03. The van der Waals surface area contributed by atoms with Crippen molar-refractivity contribution in [2.24, 2.45) is 5.92 Å². The average Bonchev–Trinajstić information content (AvgIpc) is 2.45. The van der Waals surface area contributed by atoms with E-state index in [0.29, 0.717) is 5.31 Å². The van der Waals surface area contributed by atoms with E-state index in [9.17, 15) is 4.79 Å². The third-order valence-electron chi connectivity index (χ3n) is 6.36. The summed E-state index contributed by atoms with van der Waals surface area (Å²) < 4.78 is 5.45. The zero-order valence-electron chi connectivity index (χ0n) is 16.4. The molecule has 0 aromatic carbocycles. The molecule has 0 aromatic heterocycles. The Morgan fingerprint density at radius 2 is 1.46 bits per heavy atom. The molecule has 2 rings (SSSR count). The molecular formula is C21H39BO2. The van der Waals surface area contributed by atoms with Gasteiger partial charge in [0.05, 0.1) is 12.0 Å². The summed E-state index contributed by atoms with van der Waals surface area (Å²) in [7, 11) is 1.42. The summed E-state index contributed by atoms with van der Waals surface area (Å²) in [6.07, 6.45) is 17.2. The predicted octanol–water partition coefficient (Wildman–Crippen LogP) is 6.06. The number of hydrogen-bond acceptors (Lipinski definition) is 2. The van der Waals surface area contributed by atoms with E-state index >= 15 is 0 Å². The van der Waals surface area contributed by atoms with Gasteiger partial charge in [-0.2, -0.15) is 0 Å². The summed E-state index contributed by atoms with van der Waals surface area (Å²) in [5.41, 5.74) is 0. The van der Waals surface area contributed by atoms with Crippen LogP contribution in [0.4, 0.5) is 0 Å². The van der Waals surface area contributed by atoms with Gasteiger partial charge in [0, 0.05) is 0 Å². The third kappa shape index (κ3) is 6.80. The van der Waals surface area contributed by atoms with Crippen LogP contribution in [0.1, 0.15) is 104 Å². The van der Waals surface area contributed by atoms with Gasteiger partial charge in [0.2, 0.25) is 0 Å². The van der Waals surface area contributed by atoms with Gasteiger partial charge in [-0.1, -0.05) is 88.7 Å². The van der Waals surface area contributed by atoms with Crippen LogP contribution in [0, 0.1) is 5.92 Å². The van der Waals surface area contributed by atoms with Crippen molar-refractivity contribution in [1.82, 2.24) is 0 Å². The molecule has 0 saturated heterocycles. The maximum Gasteiger partial charge on any atom is 0.309 e. The van der Waals surface area contributed by atoms with E-state index in [0.717, 1.165) is 18.7 Å². The van der Waals surface area contributed by atoms with Crippen LogP contribution >= 0.6 is 0 Å². The highest BCUT2D eigenvalue weighted by atomic mass is 16.5. The molecule has 0 atom stereocenters. The van der Waals surface area contributed by atoms with Crippen LogP contribution in [-0.2, 0) is 9.53 Å². The minimum Gasteiger partial charge on any atom is -0.463 e. The topological polar surface area (TPSA) is 26.3 Å². The molecule has 0 bridgehead atoms. The molecule has 2 fully saturated rings. The number of rotatable bonds is 4. The molecule has 2 aliphatic carbocycles. The first-order valence-corrected chi connectivity index (χ1v) is 10.7. The second-order valence-corrected chi connectivity index (χ2v) is 9.19. The fourth-order valence-electron chi connectivity index (χ4n) is 5.03. The number of hydrogen-bond donors (Lipinski definition) is 0. The van der Waals surface area contributed by atoms with Crippen molar-refractivity contribution < 1.29 is 9.53 Å². The molecule has 0 heterocycles. The number of esters is 1. The number of ether oxygens (including phenoxy) is 1. The van der Waals surface area contributed by atoms with E-state index in [1.54, 1.807) is 0 Å². The highest BCUT2D eigenvalue weighted by molar-refractivity contribution is 6.41. The number of carbonyl (C=O) groups is 1. The zero-order valence-corrected chi connectivity index (χ0v) is 16.4. The van der Waals surface area contributed by atoms with Crippen LogP contribution in [0.3, 0.4) is 0 Å². The molecule has 0 unspecified atom stereocenters. The Balaban J connectivity index is 1.82. The van der Waals surface area contributed by atoms with Crippen molar-refractivity contribution in [3.63, 3.8) is 0 Å². The van der Waals surface area contributed by atoms with Crippen LogP contribution in [0.15, 0.2) is 0 Å². The van der Waals surface area contributed by atoms with Crippen LogP contribution in [-0.4, -0.2) is 19.4 Å². The van der Waals surface area contributed by atoms with Crippen molar-refractivity contribution >= 4 is 13.2 Å². The quantitative estimate of drug-likeness (QED) is 0.461. The second-order valence-electron chi connectivity index (χ2n) is 9.19. The lowest BCUT2D eigenvalue weighted by Gasteiger charge is -2.36. The summed E-state index contributed by atoms with van der Waals surface area (Å²) in [6.45, 7) is 6.43. The number of carbonyl (C=O) groups excluding carboxylic acids is 1. The first-order valence-electron chi connectivity index (χ1n) is 10.7. The summed E-state index contributed by atoms with van der Waals surface area (Å²) in [5.74, 6) is 1.16. The molecule has 2 nitrogen and oxygen atoms in total. The minimum absolute atomic E-state index is 0.0209. The molecule has 2 saturated carbocycles. The molecule has 0 aromatic rings. The smallest absolute Gasteiger partial charge is 0.309 e. The molecule has 0 amide bonds. The predicted molar refractivity (Wildman–Crippen MR) is 104 cm³/mol. The van der Waals surface area contributed by atoms with Crippen molar-refractivity contribution in [3.05, 3.63) is 0 Å². The Kier molecular flexibility index (Phi) is 8.17. The van der Waals surface area contributed by atoms with Gasteiger partial charge >= 0.3 is 5.97 Å². The summed E-state index contributed by atoms with van der Waals surface area (Å²) in [6, 6.07) is 0. The lowest BCUT2D eigenvalue weighted by Crippen LogP contribution is -2.27. The largest absolute Gasteiger partial charge is 0.463 e. The summed E-state index contributed by atoms with van der Waals surface area (Å²) in [5, 5.41) is 0.511. The summed E-state index contributed by atoms with van der Waals surface area (Å²) in [4.78, 5) is 12.2. The third-order valence-corrected chi connectivity index (χ3v) is 6.36. The van der Waals surface area contributed by atoms with Crippen LogP contribution in [0.2, 0.25) is 11.1 Å². The lowest BCUT2D eigenvalue weighted by molar-refractivity contribution is -0.153. The van der Waals surface area contributed by atoms with Crippen LogP contribution < -0.4 is 0 Å². The maximum absolute atomic E-state index is 12.2. The first-order chi connectivity index (χ1) is 11.5. The van der Waals surface area contributed by atoms with Gasteiger partial charge < -0.3 is 4.74 Å². The van der Waals surface area contributed by atoms with Crippen LogP contribution in [0.25, 0.3) is 0 Å². The molecule has 2 aliphatic rings. The second kappa shape index (κ2) is 9.87. The SMILES string of the molecule is CC(C)OC(=O)C1CCCC(C)(BC2CCCCCCC2)CCC1. The average molecular weight is 334 g/mol. The van der Waals surface area contributed by atoms with Gasteiger partial charge in [0.1, 0.15) is 7.28 Å². The van der Waals surface area contributed by atoms with Crippen LogP contribution in [0.5, 0.6) is 0 Å². The van der Waals surface area contributed by atoms with Gasteiger partial charge in [0.25, 0.3) is 0 Å². The molecule has 0 N–H and O–H groups in total. The zero-order chi connectivity index (χ0) is 17.4. The minimum atomic E-state index is 0.0209. The summed E-state index contributed by atoms with van der Waals surface area (Å²) >= 11 is 0. The normalized spacial score (nSPS) is 30.8. The molecule has 0 spiro atoms. The molecule has 0 aliphatic heterocycles. The van der Waals surface area contributed by atoms with Crippen molar-refractivity contribution in [2.45, 2.75) is 121 Å². The van der Waals surface area contributed by atoms with Gasteiger partial charge in [-0.05, 0) is 26.7 Å². The highest BCUT2D eigenvalue weighted by Crippen LogP contribution is 2.45. The van der Waals surface area contributed by atoms with E-state index < -0.39 is 0 Å². The molecular weight excluding hydrogens is 295 g/mol. The van der Waals surface area contributed by atoms with Gasteiger partial charge in [0.15, 0.2) is 0 Å². The molecule has 24 heavy (non-hydrogen) atoms. The Morgan fingerprint density at radius 3 is 2.00 bits per heavy atom. The molecule has 3 heteroatoms. The van der Waals surface area contributed by atoms with E-state index in [1.165, 1.54) is 77.9 Å². The highest BCUT2D eigenvalue weighted by Gasteiger charge is 2.32. The van der Waals surface area contributed by atoms with Gasteiger partial charge in [-0.25, -0.2) is 0 Å². The van der Waals surface area contributed by atoms with Crippen molar-refractivity contribution in [1.29, 1.82) is 0 Å². The Morgan fingerprint density at radius 1 is 0.917 bits per heavy atom. The van der Waals surface area contributed by atoms with E-state index in [-0.39, 0.29) is 18.0 Å². The van der Waals surface area contributed by atoms with Crippen molar-refractivity contribution in [3.8, 4) is 0 Å². The van der Waals surface area contributed by atoms with Gasteiger partial charge in [-0.15, -0.1) is 0 Å². The van der Waals surface area contributed by atoms with E-state index in [2.05, 4.69) is 6.92 Å². The Bertz CT molecular complexity index is 362. The monoisotopic (exact) mass is 334 g/mol. The maximum atomic E-state index is 12.2. The van der Waals surface area contributed by atoms with E-state index in [1.807, 2.05) is 13.8 Å². The lowest BCUT2D eigenvalue weighted by atomic mass is 9.41. The fraction of sp³-hybridized carbons (Fsp3) is 0.952. The first kappa shape index (κ1) is 19.9. The molecule has 138 valence electrons. The standard InChI is InChI=1S/C21H39BO2/c1-17(2)24-20(23)18-11-9-15-21(3,16-10-12-18)22-19-13-7-5-4-6-8-14-19/h17-19,22H,4-16H2,1-3H3. The van der Waals surface area contributed by atoms with Crippen molar-refractivity contribution in [2.75, 3.05) is 0 Å².